The van der Waals surface area contributed by atoms with E-state index >= 15 is 0 Å². The molecule has 4 rings (SSSR count). The van der Waals surface area contributed by atoms with E-state index < -0.39 is 10.0 Å². The molecule has 0 fully saturated rings. The van der Waals surface area contributed by atoms with Crippen LogP contribution in [0.3, 0.4) is 0 Å². The molecule has 2 heterocycles. The first-order chi connectivity index (χ1) is 9.97. The number of benzene rings is 1. The van der Waals surface area contributed by atoms with Crippen molar-refractivity contribution in [1.29, 1.82) is 0 Å². The maximum Gasteiger partial charge on any atom is 0.211 e. The summed E-state index contributed by atoms with van der Waals surface area (Å²) >= 11 is 0. The third-order valence-corrected chi connectivity index (χ3v) is 6.19. The second kappa shape index (κ2) is 4.34. The average molecular weight is 304 g/mol. The van der Waals surface area contributed by atoms with Crippen LogP contribution in [0.4, 0.5) is 0 Å². The van der Waals surface area contributed by atoms with Gasteiger partial charge in [0.25, 0.3) is 0 Å². The summed E-state index contributed by atoms with van der Waals surface area (Å²) in [4.78, 5) is 0. The number of aryl methyl sites for hydroxylation is 2. The van der Waals surface area contributed by atoms with Crippen molar-refractivity contribution in [2.75, 3.05) is 12.8 Å². The normalized spacial score (nSPS) is 22.5. The van der Waals surface area contributed by atoms with E-state index in [0.717, 1.165) is 25.8 Å². The molecule has 0 saturated carbocycles. The fraction of sp³-hybridized carbons (Fsp3) is 0.500. The Morgan fingerprint density at radius 3 is 2.81 bits per heavy atom. The van der Waals surface area contributed by atoms with E-state index in [1.165, 1.54) is 34.0 Å². The maximum atomic E-state index is 12.1. The number of nitrogens with zero attached hydrogens (tertiary/aromatic N) is 2. The van der Waals surface area contributed by atoms with Gasteiger partial charge in [0, 0.05) is 29.7 Å². The third kappa shape index (κ3) is 1.87. The monoisotopic (exact) mass is 304 g/mol. The summed E-state index contributed by atoms with van der Waals surface area (Å²) in [5, 5.41) is 1.32. The Kier molecular flexibility index (Phi) is 2.75. The third-order valence-electron chi connectivity index (χ3n) is 4.91. The molecule has 0 amide bonds. The minimum atomic E-state index is -3.14. The van der Waals surface area contributed by atoms with E-state index in [1.807, 2.05) is 0 Å². The van der Waals surface area contributed by atoms with Gasteiger partial charge in [-0.05, 0) is 43.9 Å². The Bertz CT molecular complexity index is 836. The number of hydrogen-bond donors (Lipinski definition) is 0. The van der Waals surface area contributed by atoms with Crippen LogP contribution >= 0.6 is 0 Å². The van der Waals surface area contributed by atoms with E-state index in [4.69, 9.17) is 0 Å². The SMILES string of the molecule is Cc1ccc2c(c1)c1c3n2CCN(S(C)(=O)=O)[C@@H]3CCC1. The van der Waals surface area contributed by atoms with Crippen LogP contribution in [0, 0.1) is 6.92 Å². The van der Waals surface area contributed by atoms with E-state index in [1.54, 1.807) is 4.31 Å². The van der Waals surface area contributed by atoms with E-state index in [0.29, 0.717) is 6.54 Å². The molecule has 5 heteroatoms. The largest absolute Gasteiger partial charge is 0.341 e. The number of sulfonamides is 1. The molecule has 4 nitrogen and oxygen atoms in total. The van der Waals surface area contributed by atoms with Crippen LogP contribution in [0.1, 0.15) is 35.7 Å². The first-order valence-electron chi connectivity index (χ1n) is 7.55. The molecule has 1 atom stereocenters. The zero-order valence-electron chi connectivity index (χ0n) is 12.5. The molecular weight excluding hydrogens is 284 g/mol. The zero-order chi connectivity index (χ0) is 14.8. The summed E-state index contributed by atoms with van der Waals surface area (Å²) in [5.41, 5.74) is 5.16. The molecule has 0 spiro atoms. The van der Waals surface area contributed by atoms with Crippen LogP contribution < -0.4 is 0 Å². The lowest BCUT2D eigenvalue weighted by Crippen LogP contribution is -2.42. The fourth-order valence-corrected chi connectivity index (χ4v) is 5.16. The highest BCUT2D eigenvalue weighted by atomic mass is 32.2. The standard InChI is InChI=1S/C16H20N2O2S/c1-11-6-7-14-13(10-11)12-4-3-5-15-16(12)17(14)8-9-18(15)21(2,19)20/h6-7,10,15H,3-5,8-9H2,1-2H3/t15-/m1/s1. The van der Waals surface area contributed by atoms with Gasteiger partial charge in [0.2, 0.25) is 10.0 Å². The molecule has 1 aliphatic carbocycles. The molecule has 0 unspecified atom stereocenters. The van der Waals surface area contributed by atoms with Gasteiger partial charge in [0.15, 0.2) is 0 Å². The van der Waals surface area contributed by atoms with Crippen molar-refractivity contribution in [1.82, 2.24) is 8.87 Å². The zero-order valence-corrected chi connectivity index (χ0v) is 13.3. The minimum absolute atomic E-state index is 0.0326. The van der Waals surface area contributed by atoms with Gasteiger partial charge in [-0.1, -0.05) is 11.6 Å². The molecule has 0 bridgehead atoms. The fourth-order valence-electron chi connectivity index (χ4n) is 4.08. The van der Waals surface area contributed by atoms with E-state index in [2.05, 4.69) is 29.7 Å². The van der Waals surface area contributed by atoms with Gasteiger partial charge in [0.05, 0.1) is 12.3 Å². The second-order valence-electron chi connectivity index (χ2n) is 6.32. The van der Waals surface area contributed by atoms with Crippen molar-refractivity contribution >= 4 is 20.9 Å². The predicted octanol–water partition coefficient (Wildman–Crippen LogP) is 2.60. The lowest BCUT2D eigenvalue weighted by atomic mass is 9.90. The predicted molar refractivity (Wildman–Crippen MR) is 83.9 cm³/mol. The molecule has 0 saturated heterocycles. The quantitative estimate of drug-likeness (QED) is 0.812. The first-order valence-corrected chi connectivity index (χ1v) is 9.40. The summed E-state index contributed by atoms with van der Waals surface area (Å²) in [6.07, 6.45) is 4.41. The van der Waals surface area contributed by atoms with Crippen LogP contribution in [0.25, 0.3) is 10.9 Å². The topological polar surface area (TPSA) is 42.3 Å². The molecule has 0 radical (unpaired) electrons. The number of hydrogen-bond acceptors (Lipinski definition) is 2. The summed E-state index contributed by atoms with van der Waals surface area (Å²) in [7, 11) is -3.14. The van der Waals surface area contributed by atoms with E-state index in [-0.39, 0.29) is 6.04 Å². The summed E-state index contributed by atoms with van der Waals surface area (Å²) in [6.45, 7) is 3.47. The number of rotatable bonds is 1. The van der Waals surface area contributed by atoms with Gasteiger partial charge in [0.1, 0.15) is 0 Å². The van der Waals surface area contributed by atoms with Crippen molar-refractivity contribution in [2.24, 2.45) is 0 Å². The maximum absolute atomic E-state index is 12.1. The Labute approximate surface area is 125 Å². The molecule has 21 heavy (non-hydrogen) atoms. The molecule has 2 aromatic rings. The number of aromatic nitrogens is 1. The molecule has 112 valence electrons. The van der Waals surface area contributed by atoms with Gasteiger partial charge < -0.3 is 4.57 Å². The van der Waals surface area contributed by atoms with Crippen molar-refractivity contribution in [3.05, 3.63) is 35.0 Å². The van der Waals surface area contributed by atoms with E-state index in [9.17, 15) is 8.42 Å². The highest BCUT2D eigenvalue weighted by Crippen LogP contribution is 2.43. The van der Waals surface area contributed by atoms with Crippen LogP contribution in [-0.2, 0) is 23.0 Å². The lowest BCUT2D eigenvalue weighted by Gasteiger charge is -2.38. The summed E-state index contributed by atoms with van der Waals surface area (Å²) in [6, 6.07) is 6.62. The summed E-state index contributed by atoms with van der Waals surface area (Å²) in [5.74, 6) is 0. The molecule has 0 N–H and O–H groups in total. The Morgan fingerprint density at radius 2 is 2.05 bits per heavy atom. The number of fused-ring (bicyclic) bond motifs is 3. The van der Waals surface area contributed by atoms with Crippen LogP contribution in [-0.4, -0.2) is 30.1 Å². The van der Waals surface area contributed by atoms with Crippen molar-refractivity contribution in [3.63, 3.8) is 0 Å². The van der Waals surface area contributed by atoms with Crippen LogP contribution in [0.15, 0.2) is 18.2 Å². The molecule has 1 aromatic carbocycles. The first kappa shape index (κ1) is 13.3. The minimum Gasteiger partial charge on any atom is -0.341 e. The van der Waals surface area contributed by atoms with Gasteiger partial charge >= 0.3 is 0 Å². The average Bonchev–Trinajstić information content (AvgIpc) is 2.74. The van der Waals surface area contributed by atoms with Crippen molar-refractivity contribution in [3.8, 4) is 0 Å². The van der Waals surface area contributed by atoms with Gasteiger partial charge in [-0.25, -0.2) is 8.42 Å². The molecular formula is C16H20N2O2S. The molecule has 1 aromatic heterocycles. The highest BCUT2D eigenvalue weighted by Gasteiger charge is 2.38. The summed E-state index contributed by atoms with van der Waals surface area (Å²) < 4.78 is 28.2. The van der Waals surface area contributed by atoms with Gasteiger partial charge in [-0.2, -0.15) is 4.31 Å². The van der Waals surface area contributed by atoms with Crippen LogP contribution in [0.2, 0.25) is 0 Å². The van der Waals surface area contributed by atoms with Crippen molar-refractivity contribution < 1.29 is 8.42 Å². The lowest BCUT2D eigenvalue weighted by molar-refractivity contribution is 0.244. The second-order valence-corrected chi connectivity index (χ2v) is 8.25. The molecule has 1 aliphatic heterocycles. The van der Waals surface area contributed by atoms with Crippen molar-refractivity contribution in [2.45, 2.75) is 38.8 Å². The Balaban J connectivity index is 2.00. The highest BCUT2D eigenvalue weighted by molar-refractivity contribution is 7.88. The van der Waals surface area contributed by atoms with Crippen LogP contribution in [0.5, 0.6) is 0 Å². The Morgan fingerprint density at radius 1 is 1.24 bits per heavy atom. The van der Waals surface area contributed by atoms with Gasteiger partial charge in [-0.3, -0.25) is 0 Å². The van der Waals surface area contributed by atoms with Gasteiger partial charge in [-0.15, -0.1) is 0 Å². The smallest absolute Gasteiger partial charge is 0.211 e. The molecule has 2 aliphatic rings. The Hall–Kier alpha value is -1.33.